The molecule has 5 nitrogen and oxygen atoms in total. The minimum absolute atomic E-state index is 0.523. The number of hydrogen-bond acceptors (Lipinski definition) is 4. The molecule has 0 aliphatic heterocycles. The molecule has 2 heterocycles. The van der Waals surface area contributed by atoms with Gasteiger partial charge in [-0.15, -0.1) is 0 Å². The van der Waals surface area contributed by atoms with Crippen molar-refractivity contribution in [1.29, 1.82) is 5.26 Å². The lowest BCUT2D eigenvalue weighted by Gasteiger charge is -2.07. The Hall–Kier alpha value is -2.71. The van der Waals surface area contributed by atoms with Gasteiger partial charge in [0.15, 0.2) is 0 Å². The molecule has 0 aliphatic rings. The Bertz CT molecular complexity index is 826. The third kappa shape index (κ3) is 1.92. The maximum Gasteiger partial charge on any atom is 0.137 e. The van der Waals surface area contributed by atoms with Crippen LogP contribution in [-0.4, -0.2) is 14.6 Å². The van der Waals surface area contributed by atoms with Crippen LogP contribution in [0.4, 0.5) is 0 Å². The third-order valence-corrected chi connectivity index (χ3v) is 3.37. The summed E-state index contributed by atoms with van der Waals surface area (Å²) < 4.78 is 1.67. The molecule has 0 saturated heterocycles. The number of benzene rings is 1. The van der Waals surface area contributed by atoms with E-state index in [4.69, 9.17) is 11.0 Å². The van der Waals surface area contributed by atoms with E-state index in [1.807, 2.05) is 19.1 Å². The first-order valence-corrected chi connectivity index (χ1v) is 6.26. The van der Waals surface area contributed by atoms with Crippen LogP contribution in [0.3, 0.4) is 0 Å². The van der Waals surface area contributed by atoms with E-state index in [1.54, 1.807) is 16.8 Å². The fourth-order valence-electron chi connectivity index (χ4n) is 2.29. The van der Waals surface area contributed by atoms with Gasteiger partial charge in [0.1, 0.15) is 12.4 Å². The average Bonchev–Trinajstić information content (AvgIpc) is 2.90. The van der Waals surface area contributed by atoms with E-state index < -0.39 is 0 Å². The molecule has 0 bridgehead atoms. The molecule has 0 aliphatic carbocycles. The zero-order valence-electron chi connectivity index (χ0n) is 11.0. The highest BCUT2D eigenvalue weighted by Gasteiger charge is 2.09. The van der Waals surface area contributed by atoms with Crippen molar-refractivity contribution in [1.82, 2.24) is 14.6 Å². The van der Waals surface area contributed by atoms with E-state index in [2.05, 4.69) is 22.2 Å². The van der Waals surface area contributed by atoms with Gasteiger partial charge in [-0.25, -0.2) is 9.50 Å². The standard InChI is InChI=1S/C15H13N5/c1-10-4-12(2-3-13(10)7-17)15-14-5-11(6-16)8-20(14)19-9-18-15/h2-5,8-9H,7,17H2,1H3. The number of aryl methyl sites for hydroxylation is 1. The van der Waals surface area contributed by atoms with Crippen LogP contribution in [0.15, 0.2) is 36.8 Å². The second kappa shape index (κ2) is 4.76. The monoisotopic (exact) mass is 263 g/mol. The van der Waals surface area contributed by atoms with Crippen molar-refractivity contribution in [2.45, 2.75) is 13.5 Å². The van der Waals surface area contributed by atoms with Gasteiger partial charge in [0.25, 0.3) is 0 Å². The Kier molecular flexibility index (Phi) is 2.93. The molecular weight excluding hydrogens is 250 g/mol. The Morgan fingerprint density at radius 3 is 2.90 bits per heavy atom. The Morgan fingerprint density at radius 2 is 2.20 bits per heavy atom. The lowest BCUT2D eigenvalue weighted by molar-refractivity contribution is 0.905. The van der Waals surface area contributed by atoms with E-state index in [0.29, 0.717) is 12.1 Å². The van der Waals surface area contributed by atoms with Crippen LogP contribution in [0.1, 0.15) is 16.7 Å². The molecule has 20 heavy (non-hydrogen) atoms. The van der Waals surface area contributed by atoms with Crippen molar-refractivity contribution in [2.75, 3.05) is 0 Å². The quantitative estimate of drug-likeness (QED) is 0.767. The molecule has 3 aromatic rings. The normalized spacial score (nSPS) is 10.7. The van der Waals surface area contributed by atoms with Crippen LogP contribution >= 0.6 is 0 Å². The summed E-state index contributed by atoms with van der Waals surface area (Å²) in [6.45, 7) is 2.55. The molecular formula is C15H13N5. The van der Waals surface area contributed by atoms with Gasteiger partial charge in [-0.2, -0.15) is 10.4 Å². The van der Waals surface area contributed by atoms with Crippen LogP contribution in [0.2, 0.25) is 0 Å². The molecule has 0 saturated carbocycles. The van der Waals surface area contributed by atoms with Crippen molar-refractivity contribution in [3.8, 4) is 17.3 Å². The average molecular weight is 263 g/mol. The number of hydrogen-bond donors (Lipinski definition) is 1. The van der Waals surface area contributed by atoms with Gasteiger partial charge in [0.05, 0.1) is 16.8 Å². The molecule has 3 rings (SSSR count). The fraction of sp³-hybridized carbons (Fsp3) is 0.133. The fourth-order valence-corrected chi connectivity index (χ4v) is 2.29. The maximum atomic E-state index is 8.99. The summed E-state index contributed by atoms with van der Waals surface area (Å²) in [5.74, 6) is 0. The summed E-state index contributed by atoms with van der Waals surface area (Å²) in [5, 5.41) is 13.1. The van der Waals surface area contributed by atoms with Crippen LogP contribution in [0.25, 0.3) is 16.8 Å². The number of rotatable bonds is 2. The van der Waals surface area contributed by atoms with Crippen molar-refractivity contribution in [3.63, 3.8) is 0 Å². The zero-order valence-corrected chi connectivity index (χ0v) is 11.0. The van der Waals surface area contributed by atoms with Crippen molar-refractivity contribution >= 4 is 5.52 Å². The predicted octanol–water partition coefficient (Wildman–Crippen LogP) is 2.04. The minimum Gasteiger partial charge on any atom is -0.326 e. The number of nitriles is 1. The number of fused-ring (bicyclic) bond motifs is 1. The highest BCUT2D eigenvalue weighted by Crippen LogP contribution is 2.25. The number of nitrogens with two attached hydrogens (primary N) is 1. The van der Waals surface area contributed by atoms with Crippen LogP contribution in [0.5, 0.6) is 0 Å². The molecule has 0 amide bonds. The first-order chi connectivity index (χ1) is 9.72. The summed E-state index contributed by atoms with van der Waals surface area (Å²) in [7, 11) is 0. The Labute approximate surface area is 116 Å². The van der Waals surface area contributed by atoms with Crippen LogP contribution in [-0.2, 0) is 6.54 Å². The number of aromatic nitrogens is 3. The second-order valence-electron chi connectivity index (χ2n) is 4.62. The van der Waals surface area contributed by atoms with Crippen molar-refractivity contribution in [2.24, 2.45) is 5.73 Å². The Morgan fingerprint density at radius 1 is 1.35 bits per heavy atom. The summed E-state index contributed by atoms with van der Waals surface area (Å²) in [5.41, 5.74) is 11.1. The lowest BCUT2D eigenvalue weighted by atomic mass is 10.0. The smallest absolute Gasteiger partial charge is 0.137 e. The molecule has 2 aromatic heterocycles. The highest BCUT2D eigenvalue weighted by atomic mass is 15.2. The van der Waals surface area contributed by atoms with E-state index in [1.165, 1.54) is 6.33 Å². The number of nitrogens with zero attached hydrogens (tertiary/aromatic N) is 4. The van der Waals surface area contributed by atoms with Crippen molar-refractivity contribution in [3.05, 3.63) is 53.5 Å². The Balaban J connectivity index is 2.21. The van der Waals surface area contributed by atoms with Crippen molar-refractivity contribution < 1.29 is 0 Å². The molecule has 98 valence electrons. The van der Waals surface area contributed by atoms with Gasteiger partial charge in [0, 0.05) is 18.3 Å². The largest absolute Gasteiger partial charge is 0.326 e. The van der Waals surface area contributed by atoms with Gasteiger partial charge < -0.3 is 5.73 Å². The van der Waals surface area contributed by atoms with Gasteiger partial charge in [-0.1, -0.05) is 12.1 Å². The topological polar surface area (TPSA) is 80.0 Å². The predicted molar refractivity (Wildman–Crippen MR) is 75.8 cm³/mol. The lowest BCUT2D eigenvalue weighted by Crippen LogP contribution is -2.00. The van der Waals surface area contributed by atoms with Gasteiger partial charge in [-0.05, 0) is 30.2 Å². The maximum absolute atomic E-state index is 8.99. The molecule has 0 fully saturated rings. The van der Waals surface area contributed by atoms with E-state index in [-0.39, 0.29) is 0 Å². The highest BCUT2D eigenvalue weighted by molar-refractivity contribution is 5.78. The molecule has 0 radical (unpaired) electrons. The van der Waals surface area contributed by atoms with Crippen LogP contribution in [0, 0.1) is 18.3 Å². The summed E-state index contributed by atoms with van der Waals surface area (Å²) in [6.07, 6.45) is 3.19. The summed E-state index contributed by atoms with van der Waals surface area (Å²) >= 11 is 0. The van der Waals surface area contributed by atoms with Gasteiger partial charge in [-0.3, -0.25) is 0 Å². The van der Waals surface area contributed by atoms with E-state index in [0.717, 1.165) is 27.9 Å². The summed E-state index contributed by atoms with van der Waals surface area (Å²) in [6, 6.07) is 9.98. The molecule has 0 unspecified atom stereocenters. The van der Waals surface area contributed by atoms with Gasteiger partial charge >= 0.3 is 0 Å². The molecule has 0 atom stereocenters. The van der Waals surface area contributed by atoms with E-state index in [9.17, 15) is 0 Å². The zero-order chi connectivity index (χ0) is 14.1. The van der Waals surface area contributed by atoms with E-state index >= 15 is 0 Å². The molecule has 2 N–H and O–H groups in total. The van der Waals surface area contributed by atoms with Crippen LogP contribution < -0.4 is 5.73 Å². The second-order valence-corrected chi connectivity index (χ2v) is 4.62. The molecule has 0 spiro atoms. The van der Waals surface area contributed by atoms with Gasteiger partial charge in [0.2, 0.25) is 0 Å². The first-order valence-electron chi connectivity index (χ1n) is 6.26. The minimum atomic E-state index is 0.523. The molecule has 5 heteroatoms. The summed E-state index contributed by atoms with van der Waals surface area (Å²) in [4.78, 5) is 4.35. The molecule has 1 aromatic carbocycles. The third-order valence-electron chi connectivity index (χ3n) is 3.37. The SMILES string of the molecule is Cc1cc(-c2ncnn3cc(C#N)cc23)ccc1CN. The first kappa shape index (κ1) is 12.3.